The SMILES string of the molecule is C[C@@H](O)[C@@H](C(=O)O)N(Cc1ccc(Cl)cc1)OC(=O)OC(C)(C)C. The number of benzene rings is 1. The van der Waals surface area contributed by atoms with E-state index in [4.69, 9.17) is 21.2 Å². The number of hydrogen-bond donors (Lipinski definition) is 2. The summed E-state index contributed by atoms with van der Waals surface area (Å²) in [6.07, 6.45) is -2.33. The van der Waals surface area contributed by atoms with Gasteiger partial charge in [0.2, 0.25) is 0 Å². The van der Waals surface area contributed by atoms with Crippen molar-refractivity contribution in [2.24, 2.45) is 0 Å². The lowest BCUT2D eigenvalue weighted by Crippen LogP contribution is -2.48. The monoisotopic (exact) mass is 359 g/mol. The highest BCUT2D eigenvalue weighted by atomic mass is 35.5. The van der Waals surface area contributed by atoms with E-state index in [1.807, 2.05) is 0 Å². The zero-order valence-corrected chi connectivity index (χ0v) is 14.8. The van der Waals surface area contributed by atoms with Gasteiger partial charge in [-0.15, -0.1) is 5.06 Å². The number of nitrogens with zero attached hydrogens (tertiary/aromatic N) is 1. The molecule has 7 nitrogen and oxygen atoms in total. The van der Waals surface area contributed by atoms with Crippen LogP contribution in [0.2, 0.25) is 5.02 Å². The van der Waals surface area contributed by atoms with Gasteiger partial charge in [0, 0.05) is 5.02 Å². The third-order valence-electron chi connectivity index (χ3n) is 2.85. The molecule has 1 aromatic carbocycles. The molecular formula is C16H22ClNO6. The van der Waals surface area contributed by atoms with E-state index in [-0.39, 0.29) is 6.54 Å². The van der Waals surface area contributed by atoms with E-state index in [9.17, 15) is 19.8 Å². The van der Waals surface area contributed by atoms with E-state index >= 15 is 0 Å². The topological polar surface area (TPSA) is 96.3 Å². The van der Waals surface area contributed by atoms with Gasteiger partial charge in [0.25, 0.3) is 0 Å². The summed E-state index contributed by atoms with van der Waals surface area (Å²) in [5.41, 5.74) is -0.151. The van der Waals surface area contributed by atoms with Crippen LogP contribution in [0.5, 0.6) is 0 Å². The van der Waals surface area contributed by atoms with Crippen molar-refractivity contribution in [3.63, 3.8) is 0 Å². The fourth-order valence-electron chi connectivity index (χ4n) is 1.89. The molecule has 0 aliphatic heterocycles. The number of halogens is 1. The van der Waals surface area contributed by atoms with Gasteiger partial charge in [0.15, 0.2) is 6.04 Å². The fraction of sp³-hybridized carbons (Fsp3) is 0.500. The zero-order valence-electron chi connectivity index (χ0n) is 14.0. The number of aliphatic carboxylic acids is 1. The number of aliphatic hydroxyl groups excluding tert-OH is 1. The number of hydroxylamine groups is 2. The highest BCUT2D eigenvalue weighted by Gasteiger charge is 2.34. The molecule has 0 unspecified atom stereocenters. The standard InChI is InChI=1S/C16H22ClNO6/c1-10(19)13(14(20)21)18(24-15(22)23-16(2,3)4)9-11-5-7-12(17)8-6-11/h5-8,10,13,19H,9H2,1-4H3,(H,20,21)/t10-,13+/m1/s1. The summed E-state index contributed by atoms with van der Waals surface area (Å²) >= 11 is 5.82. The molecule has 0 saturated carbocycles. The van der Waals surface area contributed by atoms with E-state index in [0.29, 0.717) is 10.6 Å². The maximum Gasteiger partial charge on any atom is 0.528 e. The van der Waals surface area contributed by atoms with Gasteiger partial charge in [0.1, 0.15) is 5.60 Å². The van der Waals surface area contributed by atoms with Crippen LogP contribution < -0.4 is 0 Å². The zero-order chi connectivity index (χ0) is 18.5. The van der Waals surface area contributed by atoms with Crippen molar-refractivity contribution in [3.05, 3.63) is 34.9 Å². The highest BCUT2D eigenvalue weighted by molar-refractivity contribution is 6.30. The summed E-state index contributed by atoms with van der Waals surface area (Å²) in [7, 11) is 0. The Morgan fingerprint density at radius 3 is 2.21 bits per heavy atom. The van der Waals surface area contributed by atoms with E-state index in [0.717, 1.165) is 5.06 Å². The molecule has 8 heteroatoms. The molecule has 0 spiro atoms. The first-order chi connectivity index (χ1) is 11.0. The molecule has 0 radical (unpaired) electrons. The molecule has 0 saturated heterocycles. The van der Waals surface area contributed by atoms with Crippen molar-refractivity contribution in [1.29, 1.82) is 0 Å². The fourth-order valence-corrected chi connectivity index (χ4v) is 2.02. The van der Waals surface area contributed by atoms with E-state index in [1.165, 1.54) is 6.92 Å². The summed E-state index contributed by atoms with van der Waals surface area (Å²) < 4.78 is 5.04. The van der Waals surface area contributed by atoms with Crippen LogP contribution in [-0.4, -0.2) is 45.1 Å². The average molecular weight is 360 g/mol. The Hall–Kier alpha value is -1.83. The molecule has 0 fully saturated rings. The molecule has 0 bridgehead atoms. The number of ether oxygens (including phenoxy) is 1. The minimum atomic E-state index is -1.45. The summed E-state index contributed by atoms with van der Waals surface area (Å²) in [4.78, 5) is 28.4. The lowest BCUT2D eigenvalue weighted by atomic mass is 10.1. The van der Waals surface area contributed by atoms with Crippen molar-refractivity contribution in [2.75, 3.05) is 0 Å². The second-order valence-corrected chi connectivity index (χ2v) is 6.72. The number of aliphatic hydroxyl groups is 1. The predicted octanol–water partition coefficient (Wildman–Crippen LogP) is 2.84. The van der Waals surface area contributed by atoms with Crippen molar-refractivity contribution >= 4 is 23.7 Å². The van der Waals surface area contributed by atoms with Crippen molar-refractivity contribution < 1.29 is 29.4 Å². The van der Waals surface area contributed by atoms with Crippen LogP contribution in [0, 0.1) is 0 Å². The Labute approximate surface area is 145 Å². The average Bonchev–Trinajstić information content (AvgIpc) is 2.38. The largest absolute Gasteiger partial charge is 0.528 e. The second-order valence-electron chi connectivity index (χ2n) is 6.28. The number of hydrogen-bond acceptors (Lipinski definition) is 6. The van der Waals surface area contributed by atoms with Gasteiger partial charge < -0.3 is 19.8 Å². The van der Waals surface area contributed by atoms with Crippen molar-refractivity contribution in [3.8, 4) is 0 Å². The first-order valence-electron chi connectivity index (χ1n) is 7.32. The van der Waals surface area contributed by atoms with Gasteiger partial charge in [-0.25, -0.2) is 4.79 Å². The number of carbonyl (C=O) groups is 2. The lowest BCUT2D eigenvalue weighted by Gasteiger charge is -2.29. The maximum atomic E-state index is 11.9. The van der Waals surface area contributed by atoms with Crippen LogP contribution in [0.25, 0.3) is 0 Å². The summed E-state index contributed by atoms with van der Waals surface area (Å²) in [6, 6.07) is 5.12. The molecule has 0 aliphatic carbocycles. The second kappa shape index (κ2) is 8.32. The van der Waals surface area contributed by atoms with Gasteiger partial charge >= 0.3 is 12.1 Å². The van der Waals surface area contributed by atoms with Crippen LogP contribution in [0.3, 0.4) is 0 Å². The summed E-state index contributed by atoms with van der Waals surface area (Å²) in [5.74, 6) is -1.33. The molecule has 0 heterocycles. The Balaban J connectivity index is 2.99. The molecule has 0 aliphatic rings. The molecule has 134 valence electrons. The smallest absolute Gasteiger partial charge is 0.480 e. The highest BCUT2D eigenvalue weighted by Crippen LogP contribution is 2.17. The van der Waals surface area contributed by atoms with Gasteiger partial charge in [-0.2, -0.15) is 0 Å². The number of carboxylic acids is 1. The molecule has 2 atom stereocenters. The van der Waals surface area contributed by atoms with Gasteiger partial charge in [0.05, 0.1) is 12.6 Å². The normalized spacial score (nSPS) is 14.1. The number of carboxylic acid groups (broad SMARTS) is 1. The molecule has 24 heavy (non-hydrogen) atoms. The first kappa shape index (κ1) is 20.2. The van der Waals surface area contributed by atoms with Gasteiger partial charge in [-0.05, 0) is 45.4 Å². The third-order valence-corrected chi connectivity index (χ3v) is 3.11. The van der Waals surface area contributed by atoms with E-state index < -0.39 is 29.9 Å². The molecule has 2 N–H and O–H groups in total. The van der Waals surface area contributed by atoms with Crippen molar-refractivity contribution in [2.45, 2.75) is 52.0 Å². The third kappa shape index (κ3) is 6.74. The molecular weight excluding hydrogens is 338 g/mol. The Morgan fingerprint density at radius 2 is 1.79 bits per heavy atom. The Kier molecular flexibility index (Phi) is 7.01. The summed E-state index contributed by atoms with van der Waals surface area (Å²) in [6.45, 7) is 6.20. The molecule has 0 amide bonds. The molecule has 0 aromatic heterocycles. The van der Waals surface area contributed by atoms with Crippen LogP contribution in [0.15, 0.2) is 24.3 Å². The minimum Gasteiger partial charge on any atom is -0.480 e. The van der Waals surface area contributed by atoms with Crippen LogP contribution in [0.4, 0.5) is 4.79 Å². The first-order valence-corrected chi connectivity index (χ1v) is 7.70. The van der Waals surface area contributed by atoms with E-state index in [1.54, 1.807) is 45.0 Å². The van der Waals surface area contributed by atoms with Gasteiger partial charge in [-0.3, -0.25) is 4.79 Å². The van der Waals surface area contributed by atoms with Gasteiger partial charge in [-0.1, -0.05) is 23.7 Å². The molecule has 1 aromatic rings. The molecule has 1 rings (SSSR count). The van der Waals surface area contributed by atoms with Crippen LogP contribution in [-0.2, 0) is 20.9 Å². The summed E-state index contributed by atoms with van der Waals surface area (Å²) in [5, 5.41) is 20.5. The Bertz CT molecular complexity index is 567. The number of carbonyl (C=O) groups excluding carboxylic acids is 1. The maximum absolute atomic E-state index is 11.9. The number of rotatable bonds is 6. The van der Waals surface area contributed by atoms with Crippen molar-refractivity contribution in [1.82, 2.24) is 5.06 Å². The van der Waals surface area contributed by atoms with Crippen LogP contribution >= 0.6 is 11.6 Å². The van der Waals surface area contributed by atoms with E-state index in [2.05, 4.69) is 0 Å². The lowest BCUT2D eigenvalue weighted by molar-refractivity contribution is -0.200. The quantitative estimate of drug-likeness (QED) is 0.595. The predicted molar refractivity (Wildman–Crippen MR) is 87.4 cm³/mol. The Morgan fingerprint density at radius 1 is 1.25 bits per heavy atom. The van der Waals surface area contributed by atoms with Crippen LogP contribution in [0.1, 0.15) is 33.3 Å². The minimum absolute atomic E-state index is 0.0573.